The van der Waals surface area contributed by atoms with E-state index >= 15 is 0 Å². The Balaban J connectivity index is 2.17. The highest BCUT2D eigenvalue weighted by molar-refractivity contribution is 5.89. The van der Waals surface area contributed by atoms with Crippen LogP contribution in [0.4, 0.5) is 0 Å². The number of methoxy groups -OCH3 is 1. The molecule has 0 fully saturated rings. The number of hydrogen-bond donors (Lipinski definition) is 2. The minimum Gasteiger partial charge on any atom is -0.493 e. The molecule has 0 aliphatic heterocycles. The van der Waals surface area contributed by atoms with Crippen molar-refractivity contribution in [2.75, 3.05) is 13.7 Å². The zero-order valence-electron chi connectivity index (χ0n) is 19.1. The maximum atomic E-state index is 13.1. The van der Waals surface area contributed by atoms with Crippen molar-refractivity contribution in [1.82, 2.24) is 10.6 Å². The average Bonchev–Trinajstić information content (AvgIpc) is 2.75. The Bertz CT molecular complexity index is 852. The number of carbonyl (C=O) groups is 2. The number of amides is 2. The van der Waals surface area contributed by atoms with Crippen molar-refractivity contribution in [1.29, 1.82) is 0 Å². The lowest BCUT2D eigenvalue weighted by atomic mass is 10.0. The average molecular weight is 427 g/mol. The highest BCUT2D eigenvalue weighted by atomic mass is 16.5. The highest BCUT2D eigenvalue weighted by Gasteiger charge is 2.24. The number of rotatable bonds is 11. The fourth-order valence-electron chi connectivity index (χ4n) is 3.20. The second-order valence-corrected chi connectivity index (χ2v) is 8.00. The third-order valence-corrected chi connectivity index (χ3v) is 4.80. The molecule has 0 aliphatic carbocycles. The van der Waals surface area contributed by atoms with E-state index in [1.165, 1.54) is 0 Å². The van der Waals surface area contributed by atoms with Gasteiger partial charge in [0.05, 0.1) is 19.8 Å². The van der Waals surface area contributed by atoms with Gasteiger partial charge >= 0.3 is 0 Å². The Labute approximate surface area is 185 Å². The van der Waals surface area contributed by atoms with Crippen LogP contribution in [0, 0.1) is 5.92 Å². The van der Waals surface area contributed by atoms with Crippen molar-refractivity contribution in [3.05, 3.63) is 59.7 Å². The molecule has 2 atom stereocenters. The zero-order valence-corrected chi connectivity index (χ0v) is 19.1. The Morgan fingerprint density at radius 1 is 0.935 bits per heavy atom. The first-order chi connectivity index (χ1) is 14.8. The first-order valence-corrected chi connectivity index (χ1v) is 10.8. The van der Waals surface area contributed by atoms with Gasteiger partial charge in [-0.2, -0.15) is 0 Å². The molecule has 0 bridgehead atoms. The van der Waals surface area contributed by atoms with Crippen LogP contribution in [0.15, 0.2) is 48.5 Å². The molecule has 0 saturated heterocycles. The Kier molecular flexibility index (Phi) is 9.38. The predicted molar refractivity (Wildman–Crippen MR) is 122 cm³/mol. The first-order valence-electron chi connectivity index (χ1n) is 10.8. The molecule has 2 unspecified atom stereocenters. The topological polar surface area (TPSA) is 76.7 Å². The van der Waals surface area contributed by atoms with Gasteiger partial charge in [0.1, 0.15) is 6.04 Å². The van der Waals surface area contributed by atoms with Gasteiger partial charge in [0.25, 0.3) is 0 Å². The molecule has 0 aromatic heterocycles. The summed E-state index contributed by atoms with van der Waals surface area (Å²) in [4.78, 5) is 25.5. The summed E-state index contributed by atoms with van der Waals surface area (Å²) < 4.78 is 11.2. The van der Waals surface area contributed by atoms with Gasteiger partial charge in [0.15, 0.2) is 11.5 Å². The molecular weight excluding hydrogens is 392 g/mol. The van der Waals surface area contributed by atoms with Gasteiger partial charge in [-0.3, -0.25) is 9.59 Å². The van der Waals surface area contributed by atoms with E-state index in [1.807, 2.05) is 76.2 Å². The number of nitrogens with one attached hydrogen (secondary N) is 2. The summed E-state index contributed by atoms with van der Waals surface area (Å²) in [5.41, 5.74) is 1.62. The second kappa shape index (κ2) is 12.0. The van der Waals surface area contributed by atoms with Gasteiger partial charge < -0.3 is 20.1 Å². The monoisotopic (exact) mass is 426 g/mol. The molecule has 2 N–H and O–H groups in total. The summed E-state index contributed by atoms with van der Waals surface area (Å²) in [7, 11) is 1.59. The molecular formula is C25H34N2O4. The van der Waals surface area contributed by atoms with Crippen molar-refractivity contribution in [2.45, 2.75) is 52.6 Å². The van der Waals surface area contributed by atoms with Crippen LogP contribution < -0.4 is 20.1 Å². The number of hydrogen-bond acceptors (Lipinski definition) is 4. The van der Waals surface area contributed by atoms with Gasteiger partial charge in [0, 0.05) is 6.42 Å². The van der Waals surface area contributed by atoms with E-state index in [2.05, 4.69) is 10.6 Å². The van der Waals surface area contributed by atoms with E-state index in [4.69, 9.17) is 9.47 Å². The van der Waals surface area contributed by atoms with Gasteiger partial charge in [-0.25, -0.2) is 0 Å². The summed E-state index contributed by atoms with van der Waals surface area (Å²) in [5, 5.41) is 5.90. The van der Waals surface area contributed by atoms with Crippen molar-refractivity contribution in [3.8, 4) is 11.5 Å². The first kappa shape index (κ1) is 24.3. The summed E-state index contributed by atoms with van der Waals surface area (Å²) in [6.45, 7) is 8.50. The van der Waals surface area contributed by atoms with Crippen LogP contribution in [0.25, 0.3) is 0 Å². The summed E-state index contributed by atoms with van der Waals surface area (Å²) >= 11 is 0. The molecule has 2 rings (SSSR count). The van der Waals surface area contributed by atoms with Gasteiger partial charge in [-0.05, 0) is 42.5 Å². The van der Waals surface area contributed by atoms with Gasteiger partial charge in [-0.15, -0.1) is 0 Å². The van der Waals surface area contributed by atoms with E-state index in [9.17, 15) is 9.59 Å². The van der Waals surface area contributed by atoms with Crippen LogP contribution >= 0.6 is 0 Å². The van der Waals surface area contributed by atoms with Crippen LogP contribution in [0.5, 0.6) is 11.5 Å². The van der Waals surface area contributed by atoms with E-state index in [0.29, 0.717) is 24.5 Å². The molecule has 168 valence electrons. The molecule has 0 heterocycles. The lowest BCUT2D eigenvalue weighted by molar-refractivity contribution is -0.130. The fraction of sp³-hybridized carbons (Fsp3) is 0.440. The minimum atomic E-state index is -0.760. The van der Waals surface area contributed by atoms with Crippen LogP contribution in [0.2, 0.25) is 0 Å². The summed E-state index contributed by atoms with van der Waals surface area (Å²) in [6, 6.07) is 13.9. The number of ether oxygens (including phenoxy) is 2. The minimum absolute atomic E-state index is 0.147. The SMILES string of the molecule is CCCOc1ccc(C(C)NC(=O)C(NC(=O)CC(C)C)c2ccccc2)cc1OC. The zero-order chi connectivity index (χ0) is 22.8. The van der Waals surface area contributed by atoms with Crippen molar-refractivity contribution in [2.24, 2.45) is 5.92 Å². The summed E-state index contributed by atoms with van der Waals surface area (Å²) in [5.74, 6) is 1.10. The molecule has 2 amide bonds. The third kappa shape index (κ3) is 7.31. The van der Waals surface area contributed by atoms with Crippen molar-refractivity contribution < 1.29 is 19.1 Å². The summed E-state index contributed by atoms with van der Waals surface area (Å²) in [6.07, 6.45) is 1.27. The predicted octanol–water partition coefficient (Wildman–Crippen LogP) is 4.56. The Morgan fingerprint density at radius 2 is 1.65 bits per heavy atom. The standard InChI is InChI=1S/C25H34N2O4/c1-6-14-31-21-13-12-20(16-22(21)30-5)18(4)26-25(29)24(19-10-8-7-9-11-19)27-23(28)15-17(2)3/h7-13,16-18,24H,6,14-15H2,1-5H3,(H,26,29)(H,27,28). The largest absolute Gasteiger partial charge is 0.493 e. The van der Waals surface area contributed by atoms with E-state index in [-0.39, 0.29) is 23.8 Å². The fourth-order valence-corrected chi connectivity index (χ4v) is 3.20. The third-order valence-electron chi connectivity index (χ3n) is 4.80. The molecule has 31 heavy (non-hydrogen) atoms. The lowest BCUT2D eigenvalue weighted by Gasteiger charge is -2.23. The molecule has 2 aromatic carbocycles. The van der Waals surface area contributed by atoms with E-state index in [1.54, 1.807) is 7.11 Å². The molecule has 6 nitrogen and oxygen atoms in total. The molecule has 0 aliphatic rings. The number of carbonyl (C=O) groups excluding carboxylic acids is 2. The molecule has 2 aromatic rings. The maximum Gasteiger partial charge on any atom is 0.247 e. The van der Waals surface area contributed by atoms with E-state index in [0.717, 1.165) is 17.5 Å². The van der Waals surface area contributed by atoms with Crippen molar-refractivity contribution in [3.63, 3.8) is 0 Å². The lowest BCUT2D eigenvalue weighted by Crippen LogP contribution is -2.41. The molecule has 0 radical (unpaired) electrons. The Morgan fingerprint density at radius 3 is 2.26 bits per heavy atom. The van der Waals surface area contributed by atoms with Gasteiger partial charge in [-0.1, -0.05) is 57.2 Å². The second-order valence-electron chi connectivity index (χ2n) is 8.00. The molecule has 0 spiro atoms. The normalized spacial score (nSPS) is 12.7. The van der Waals surface area contributed by atoms with Crippen LogP contribution in [-0.4, -0.2) is 25.5 Å². The maximum absolute atomic E-state index is 13.1. The molecule has 6 heteroatoms. The van der Waals surface area contributed by atoms with Crippen molar-refractivity contribution >= 4 is 11.8 Å². The molecule has 0 saturated carbocycles. The quantitative estimate of drug-likeness (QED) is 0.552. The highest BCUT2D eigenvalue weighted by Crippen LogP contribution is 2.30. The Hall–Kier alpha value is -3.02. The van der Waals surface area contributed by atoms with Crippen LogP contribution in [0.1, 0.15) is 63.7 Å². The van der Waals surface area contributed by atoms with Gasteiger partial charge in [0.2, 0.25) is 11.8 Å². The van der Waals surface area contributed by atoms with Crippen LogP contribution in [0.3, 0.4) is 0 Å². The van der Waals surface area contributed by atoms with Crippen LogP contribution in [-0.2, 0) is 9.59 Å². The smallest absolute Gasteiger partial charge is 0.247 e. The van der Waals surface area contributed by atoms with E-state index < -0.39 is 6.04 Å². The number of benzene rings is 2.